The zero-order valence-corrected chi connectivity index (χ0v) is 11.1. The van der Waals surface area contributed by atoms with Crippen molar-refractivity contribution in [2.24, 2.45) is 0 Å². The Bertz CT molecular complexity index is 538. The third-order valence-electron chi connectivity index (χ3n) is 2.73. The molecule has 1 atom stereocenters. The van der Waals surface area contributed by atoms with E-state index in [1.165, 1.54) is 0 Å². The van der Waals surface area contributed by atoms with E-state index in [0.29, 0.717) is 11.4 Å². The highest BCUT2D eigenvalue weighted by molar-refractivity contribution is 5.44. The summed E-state index contributed by atoms with van der Waals surface area (Å²) in [6.45, 7) is 3.94. The Kier molecular flexibility index (Phi) is 4.02. The predicted octanol–water partition coefficient (Wildman–Crippen LogP) is 2.53. The van der Waals surface area contributed by atoms with Crippen LogP contribution in [0.3, 0.4) is 0 Å². The molecule has 0 aliphatic rings. The summed E-state index contributed by atoms with van der Waals surface area (Å²) in [5.41, 5.74) is 7.13. The van der Waals surface area contributed by atoms with Crippen molar-refractivity contribution in [3.8, 4) is 5.75 Å². The fourth-order valence-electron chi connectivity index (χ4n) is 1.84. The predicted molar refractivity (Wildman–Crippen MR) is 74.9 cm³/mol. The van der Waals surface area contributed by atoms with E-state index in [1.54, 1.807) is 18.3 Å². The highest BCUT2D eigenvalue weighted by atomic mass is 16.5. The molecule has 2 rings (SSSR count). The van der Waals surface area contributed by atoms with Gasteiger partial charge < -0.3 is 15.6 Å². The van der Waals surface area contributed by atoms with Gasteiger partial charge in [-0.3, -0.25) is 0 Å². The highest BCUT2D eigenvalue weighted by Crippen LogP contribution is 2.26. The van der Waals surface area contributed by atoms with E-state index in [4.69, 9.17) is 10.5 Å². The van der Waals surface area contributed by atoms with E-state index in [2.05, 4.69) is 4.98 Å². The van der Waals surface area contributed by atoms with Crippen LogP contribution in [0.2, 0.25) is 0 Å². The summed E-state index contributed by atoms with van der Waals surface area (Å²) >= 11 is 0. The van der Waals surface area contributed by atoms with Gasteiger partial charge >= 0.3 is 0 Å². The van der Waals surface area contributed by atoms with E-state index < -0.39 is 6.10 Å². The van der Waals surface area contributed by atoms with Gasteiger partial charge in [0.05, 0.1) is 6.10 Å². The molecular formula is C15H18N2O2. The number of ether oxygens (including phenoxy) is 1. The highest BCUT2D eigenvalue weighted by Gasteiger charge is 2.13. The maximum absolute atomic E-state index is 10.3. The fraction of sp³-hybridized carbons (Fsp3) is 0.267. The molecule has 1 heterocycles. The van der Waals surface area contributed by atoms with Crippen molar-refractivity contribution in [1.29, 1.82) is 0 Å². The molecule has 19 heavy (non-hydrogen) atoms. The van der Waals surface area contributed by atoms with Crippen LogP contribution in [0.25, 0.3) is 0 Å². The normalized spacial score (nSPS) is 12.4. The van der Waals surface area contributed by atoms with Crippen LogP contribution in [0.4, 0.5) is 5.82 Å². The Morgan fingerprint density at radius 2 is 1.84 bits per heavy atom. The summed E-state index contributed by atoms with van der Waals surface area (Å²) < 4.78 is 5.56. The van der Waals surface area contributed by atoms with E-state index in [-0.39, 0.29) is 6.10 Å². The SMILES string of the molecule is CC(C)Oc1ccc(C(O)c2cccnc2N)cc1. The molecule has 4 heteroatoms. The van der Waals surface area contributed by atoms with Gasteiger partial charge in [-0.25, -0.2) is 4.98 Å². The van der Waals surface area contributed by atoms with Crippen LogP contribution in [-0.2, 0) is 0 Å². The summed E-state index contributed by atoms with van der Waals surface area (Å²) in [6.07, 6.45) is 0.956. The number of anilines is 1. The van der Waals surface area contributed by atoms with Crippen molar-refractivity contribution < 1.29 is 9.84 Å². The minimum Gasteiger partial charge on any atom is -0.491 e. The molecule has 1 aromatic carbocycles. The molecule has 0 saturated heterocycles. The molecule has 0 bridgehead atoms. The van der Waals surface area contributed by atoms with Gasteiger partial charge in [-0.2, -0.15) is 0 Å². The number of hydrogen-bond donors (Lipinski definition) is 2. The third kappa shape index (κ3) is 3.23. The molecule has 1 aromatic heterocycles. The van der Waals surface area contributed by atoms with E-state index in [9.17, 15) is 5.11 Å². The number of hydrogen-bond acceptors (Lipinski definition) is 4. The van der Waals surface area contributed by atoms with Gasteiger partial charge in [-0.1, -0.05) is 18.2 Å². The first-order valence-corrected chi connectivity index (χ1v) is 6.23. The zero-order chi connectivity index (χ0) is 13.8. The maximum Gasteiger partial charge on any atom is 0.129 e. The van der Waals surface area contributed by atoms with Gasteiger partial charge in [0.15, 0.2) is 0 Å². The average Bonchev–Trinajstić information content (AvgIpc) is 2.39. The average molecular weight is 258 g/mol. The first-order valence-electron chi connectivity index (χ1n) is 6.23. The van der Waals surface area contributed by atoms with Crippen molar-refractivity contribution in [2.45, 2.75) is 26.1 Å². The number of aliphatic hydroxyl groups is 1. The molecular weight excluding hydrogens is 240 g/mol. The second-order valence-corrected chi connectivity index (χ2v) is 4.62. The minimum absolute atomic E-state index is 0.129. The lowest BCUT2D eigenvalue weighted by Gasteiger charge is -2.14. The smallest absolute Gasteiger partial charge is 0.129 e. The monoisotopic (exact) mass is 258 g/mol. The number of aromatic nitrogens is 1. The Balaban J connectivity index is 2.20. The first kappa shape index (κ1) is 13.4. The molecule has 0 aliphatic heterocycles. The second-order valence-electron chi connectivity index (χ2n) is 4.62. The second kappa shape index (κ2) is 5.71. The number of nitrogen functional groups attached to an aromatic ring is 1. The molecule has 0 spiro atoms. The van der Waals surface area contributed by atoms with Gasteiger partial charge in [-0.15, -0.1) is 0 Å². The van der Waals surface area contributed by atoms with Gasteiger partial charge in [0.1, 0.15) is 17.7 Å². The van der Waals surface area contributed by atoms with Gasteiger partial charge in [-0.05, 0) is 37.6 Å². The zero-order valence-electron chi connectivity index (χ0n) is 11.1. The molecule has 1 unspecified atom stereocenters. The van der Waals surface area contributed by atoms with Crippen LogP contribution >= 0.6 is 0 Å². The molecule has 100 valence electrons. The number of aliphatic hydroxyl groups excluding tert-OH is 1. The van der Waals surface area contributed by atoms with Crippen LogP contribution in [0, 0.1) is 0 Å². The standard InChI is InChI=1S/C15H18N2O2/c1-10(2)19-12-7-5-11(6-8-12)14(18)13-4-3-9-17-15(13)16/h3-10,14,18H,1-2H3,(H2,16,17). The Morgan fingerprint density at radius 1 is 1.16 bits per heavy atom. The minimum atomic E-state index is -0.776. The fourth-order valence-corrected chi connectivity index (χ4v) is 1.84. The summed E-state index contributed by atoms with van der Waals surface area (Å²) in [4.78, 5) is 3.98. The van der Waals surface area contributed by atoms with Crippen molar-refractivity contribution in [2.75, 3.05) is 5.73 Å². The van der Waals surface area contributed by atoms with E-state index >= 15 is 0 Å². The topological polar surface area (TPSA) is 68.4 Å². The van der Waals surface area contributed by atoms with Crippen LogP contribution in [0.5, 0.6) is 5.75 Å². The lowest BCUT2D eigenvalue weighted by molar-refractivity contribution is 0.220. The van der Waals surface area contributed by atoms with Crippen LogP contribution in [-0.4, -0.2) is 16.2 Å². The van der Waals surface area contributed by atoms with Crippen LogP contribution < -0.4 is 10.5 Å². The number of rotatable bonds is 4. The number of pyridine rings is 1. The summed E-state index contributed by atoms with van der Waals surface area (Å²) in [6, 6.07) is 10.9. The van der Waals surface area contributed by atoms with Gasteiger partial charge in [0.25, 0.3) is 0 Å². The molecule has 0 aliphatic carbocycles. The summed E-state index contributed by atoms with van der Waals surface area (Å²) in [5, 5.41) is 10.3. The lowest BCUT2D eigenvalue weighted by atomic mass is 10.0. The quantitative estimate of drug-likeness (QED) is 0.884. The van der Waals surface area contributed by atoms with Crippen molar-refractivity contribution in [3.63, 3.8) is 0 Å². The Hall–Kier alpha value is -2.07. The van der Waals surface area contributed by atoms with Crippen molar-refractivity contribution in [1.82, 2.24) is 4.98 Å². The Morgan fingerprint density at radius 3 is 2.42 bits per heavy atom. The number of nitrogens with two attached hydrogens (primary N) is 1. The summed E-state index contributed by atoms with van der Waals surface area (Å²) in [5.74, 6) is 1.13. The molecule has 0 saturated carbocycles. The number of nitrogens with zero attached hydrogens (tertiary/aromatic N) is 1. The largest absolute Gasteiger partial charge is 0.491 e. The van der Waals surface area contributed by atoms with Gasteiger partial charge in [0, 0.05) is 11.8 Å². The van der Waals surface area contributed by atoms with Crippen LogP contribution in [0.15, 0.2) is 42.6 Å². The summed E-state index contributed by atoms with van der Waals surface area (Å²) in [7, 11) is 0. The maximum atomic E-state index is 10.3. The van der Waals surface area contributed by atoms with E-state index in [1.807, 2.05) is 38.1 Å². The van der Waals surface area contributed by atoms with Gasteiger partial charge in [0.2, 0.25) is 0 Å². The first-order chi connectivity index (χ1) is 9.08. The third-order valence-corrected chi connectivity index (χ3v) is 2.73. The lowest BCUT2D eigenvalue weighted by Crippen LogP contribution is -2.07. The van der Waals surface area contributed by atoms with Crippen LogP contribution in [0.1, 0.15) is 31.1 Å². The van der Waals surface area contributed by atoms with Crippen molar-refractivity contribution >= 4 is 5.82 Å². The molecule has 3 N–H and O–H groups in total. The molecule has 0 radical (unpaired) electrons. The molecule has 0 amide bonds. The molecule has 4 nitrogen and oxygen atoms in total. The Labute approximate surface area is 112 Å². The number of benzene rings is 1. The van der Waals surface area contributed by atoms with Crippen molar-refractivity contribution in [3.05, 3.63) is 53.7 Å². The van der Waals surface area contributed by atoms with E-state index in [0.717, 1.165) is 11.3 Å². The molecule has 2 aromatic rings. The molecule has 0 fully saturated rings.